The molecule has 4 heteroatoms. The highest BCUT2D eigenvalue weighted by atomic mass is 31.1. The van der Waals surface area contributed by atoms with Gasteiger partial charge in [0.15, 0.2) is 8.46 Å². The Morgan fingerprint density at radius 3 is 2.50 bits per heavy atom. The highest BCUT2D eigenvalue weighted by Crippen LogP contribution is 2.09. The molecule has 0 atom stereocenters. The van der Waals surface area contributed by atoms with Gasteiger partial charge in [-0.25, -0.2) is 0 Å². The third-order valence-corrected chi connectivity index (χ3v) is 1.81. The van der Waals surface area contributed by atoms with E-state index in [1.807, 2.05) is 0 Å². The maximum atomic E-state index is 10.3. The summed E-state index contributed by atoms with van der Waals surface area (Å²) in [6.45, 7) is 0.288. The lowest BCUT2D eigenvalue weighted by Gasteiger charge is -2.02. The van der Waals surface area contributed by atoms with Crippen molar-refractivity contribution in [2.75, 3.05) is 13.2 Å². The lowest BCUT2D eigenvalue weighted by atomic mass is 10.3. The maximum Gasteiger partial charge on any atom is 0.192 e. The van der Waals surface area contributed by atoms with Crippen LogP contribution in [-0.2, 0) is 4.57 Å². The third-order valence-electron chi connectivity index (χ3n) is 1.30. The molecule has 0 saturated heterocycles. The minimum atomic E-state index is 0.00154. The van der Waals surface area contributed by atoms with E-state index in [2.05, 4.69) is 0 Å². The van der Waals surface area contributed by atoms with Crippen molar-refractivity contribution in [1.29, 1.82) is 0 Å². The Morgan fingerprint density at radius 2 is 2.00 bits per heavy atom. The van der Waals surface area contributed by atoms with Gasteiger partial charge in [0, 0.05) is 5.30 Å². The van der Waals surface area contributed by atoms with Gasteiger partial charge >= 0.3 is 0 Å². The molecule has 0 aliphatic rings. The number of aliphatic hydroxyl groups excluding tert-OH is 1. The molecule has 0 aromatic heterocycles. The molecule has 0 unspecified atom stereocenters. The molecule has 1 aromatic carbocycles. The summed E-state index contributed by atoms with van der Waals surface area (Å²) in [7, 11) is 0.0101. The SMILES string of the molecule is O=Pc1ccc(OCCO)cc1. The van der Waals surface area contributed by atoms with E-state index in [0.717, 1.165) is 0 Å². The molecule has 1 aromatic rings. The van der Waals surface area contributed by atoms with Gasteiger partial charge in [-0.2, -0.15) is 0 Å². The smallest absolute Gasteiger partial charge is 0.192 e. The van der Waals surface area contributed by atoms with Crippen molar-refractivity contribution in [2.45, 2.75) is 0 Å². The van der Waals surface area contributed by atoms with Gasteiger partial charge in [0.2, 0.25) is 0 Å². The van der Waals surface area contributed by atoms with Gasteiger partial charge in [-0.05, 0) is 24.3 Å². The summed E-state index contributed by atoms with van der Waals surface area (Å²) < 4.78 is 15.4. The van der Waals surface area contributed by atoms with Crippen molar-refractivity contribution in [3.8, 4) is 5.75 Å². The molecular weight excluding hydrogens is 175 g/mol. The van der Waals surface area contributed by atoms with Crippen LogP contribution in [-0.4, -0.2) is 18.3 Å². The molecule has 1 rings (SSSR count). The quantitative estimate of drug-likeness (QED) is 0.709. The fourth-order valence-electron chi connectivity index (χ4n) is 0.767. The number of hydrogen-bond acceptors (Lipinski definition) is 3. The average molecular weight is 184 g/mol. The van der Waals surface area contributed by atoms with Gasteiger partial charge in [0.05, 0.1) is 6.61 Å². The first-order valence-electron chi connectivity index (χ1n) is 3.54. The molecule has 0 fully saturated rings. The van der Waals surface area contributed by atoms with Crippen LogP contribution in [0.25, 0.3) is 0 Å². The Labute approximate surface area is 72.2 Å². The average Bonchev–Trinajstić information content (AvgIpc) is 2.15. The molecule has 0 aliphatic carbocycles. The van der Waals surface area contributed by atoms with Crippen molar-refractivity contribution in [1.82, 2.24) is 0 Å². The van der Waals surface area contributed by atoms with Crippen LogP contribution in [0, 0.1) is 0 Å². The van der Waals surface area contributed by atoms with Crippen molar-refractivity contribution in [3.05, 3.63) is 24.3 Å². The largest absolute Gasteiger partial charge is 0.491 e. The number of ether oxygens (including phenoxy) is 1. The Bertz CT molecular complexity index is 245. The second kappa shape index (κ2) is 4.86. The van der Waals surface area contributed by atoms with Crippen LogP contribution < -0.4 is 10.0 Å². The molecule has 3 nitrogen and oxygen atoms in total. The van der Waals surface area contributed by atoms with Crippen LogP contribution in [0.2, 0.25) is 0 Å². The minimum Gasteiger partial charge on any atom is -0.491 e. The normalized spacial score (nSPS) is 10.1. The van der Waals surface area contributed by atoms with Gasteiger partial charge in [-0.1, -0.05) is 0 Å². The molecule has 0 amide bonds. The Morgan fingerprint density at radius 1 is 1.33 bits per heavy atom. The first-order valence-corrected chi connectivity index (χ1v) is 4.35. The molecule has 0 radical (unpaired) electrons. The predicted octanol–water partition coefficient (Wildman–Crippen LogP) is 0.975. The fraction of sp³-hybridized carbons (Fsp3) is 0.250. The highest BCUT2D eigenvalue weighted by Gasteiger charge is 1.93. The summed E-state index contributed by atoms with van der Waals surface area (Å²) in [6.07, 6.45) is 0. The van der Waals surface area contributed by atoms with E-state index in [9.17, 15) is 4.57 Å². The molecule has 0 bridgehead atoms. The molecule has 0 heterocycles. The molecular formula is C8H9O3P. The van der Waals surface area contributed by atoms with Crippen LogP contribution in [0.15, 0.2) is 24.3 Å². The molecule has 0 spiro atoms. The molecule has 0 aliphatic heterocycles. The van der Waals surface area contributed by atoms with Crippen LogP contribution >= 0.6 is 8.46 Å². The summed E-state index contributed by atoms with van der Waals surface area (Å²) in [5.74, 6) is 0.677. The molecule has 64 valence electrons. The summed E-state index contributed by atoms with van der Waals surface area (Å²) in [6, 6.07) is 6.86. The summed E-state index contributed by atoms with van der Waals surface area (Å²) in [4.78, 5) is 0. The topological polar surface area (TPSA) is 46.5 Å². The molecule has 1 N–H and O–H groups in total. The van der Waals surface area contributed by atoms with Crippen LogP contribution in [0.1, 0.15) is 0 Å². The van der Waals surface area contributed by atoms with Gasteiger partial charge in [-0.3, -0.25) is 4.57 Å². The lowest BCUT2D eigenvalue weighted by molar-refractivity contribution is 0.201. The summed E-state index contributed by atoms with van der Waals surface area (Å²) in [5.41, 5.74) is 0. The number of benzene rings is 1. The van der Waals surface area contributed by atoms with Gasteiger partial charge < -0.3 is 9.84 Å². The Balaban J connectivity index is 2.58. The standard InChI is InChI=1S/C8H9O3P/c9-5-6-11-7-1-3-8(12-10)4-2-7/h1-4,9H,5-6H2. The van der Waals surface area contributed by atoms with Crippen molar-refractivity contribution < 1.29 is 14.4 Å². The van der Waals surface area contributed by atoms with E-state index in [-0.39, 0.29) is 21.7 Å². The van der Waals surface area contributed by atoms with Crippen LogP contribution in [0.4, 0.5) is 0 Å². The zero-order valence-corrected chi connectivity index (χ0v) is 7.33. The van der Waals surface area contributed by atoms with Crippen molar-refractivity contribution in [3.63, 3.8) is 0 Å². The second-order valence-electron chi connectivity index (χ2n) is 2.16. The van der Waals surface area contributed by atoms with Gasteiger partial charge in [0.1, 0.15) is 12.4 Å². The Hall–Kier alpha value is -0.920. The van der Waals surface area contributed by atoms with Crippen molar-refractivity contribution in [2.24, 2.45) is 0 Å². The van der Waals surface area contributed by atoms with E-state index in [1.54, 1.807) is 24.3 Å². The molecule has 0 saturated carbocycles. The van der Waals surface area contributed by atoms with Crippen LogP contribution in [0.5, 0.6) is 5.75 Å². The zero-order valence-electron chi connectivity index (χ0n) is 6.43. The lowest BCUT2D eigenvalue weighted by Crippen LogP contribution is -2.02. The zero-order chi connectivity index (χ0) is 8.81. The molecule has 12 heavy (non-hydrogen) atoms. The highest BCUT2D eigenvalue weighted by molar-refractivity contribution is 7.34. The predicted molar refractivity (Wildman–Crippen MR) is 46.3 cm³/mol. The number of aliphatic hydroxyl groups is 1. The van der Waals surface area contributed by atoms with Crippen LogP contribution in [0.3, 0.4) is 0 Å². The van der Waals surface area contributed by atoms with E-state index in [4.69, 9.17) is 9.84 Å². The van der Waals surface area contributed by atoms with Gasteiger partial charge in [-0.15, -0.1) is 0 Å². The first-order chi connectivity index (χ1) is 5.86. The van der Waals surface area contributed by atoms with E-state index >= 15 is 0 Å². The van der Waals surface area contributed by atoms with E-state index in [1.165, 1.54) is 0 Å². The monoisotopic (exact) mass is 184 g/mol. The van der Waals surface area contributed by atoms with Crippen molar-refractivity contribution >= 4 is 13.8 Å². The Kier molecular flexibility index (Phi) is 3.71. The van der Waals surface area contributed by atoms with E-state index in [0.29, 0.717) is 11.1 Å². The summed E-state index contributed by atoms with van der Waals surface area (Å²) >= 11 is 0. The first kappa shape index (κ1) is 9.17. The fourth-order valence-corrected chi connectivity index (χ4v) is 1.04. The third kappa shape index (κ3) is 2.61. The number of rotatable bonds is 4. The number of hydrogen-bond donors (Lipinski definition) is 1. The van der Waals surface area contributed by atoms with Gasteiger partial charge in [0.25, 0.3) is 0 Å². The summed E-state index contributed by atoms with van der Waals surface area (Å²) in [5, 5.41) is 9.17. The second-order valence-corrected chi connectivity index (χ2v) is 2.86. The van der Waals surface area contributed by atoms with E-state index < -0.39 is 0 Å². The maximum absolute atomic E-state index is 10.3. The minimum absolute atomic E-state index is 0.00154.